The number of hydrogen-bond donors (Lipinski definition) is 0. The Labute approximate surface area is 157 Å². The van der Waals surface area contributed by atoms with E-state index >= 15 is 0 Å². The van der Waals surface area contributed by atoms with Crippen molar-refractivity contribution in [3.63, 3.8) is 0 Å². The fourth-order valence-electron chi connectivity index (χ4n) is 1.26. The van der Waals surface area contributed by atoms with E-state index < -0.39 is 5.97 Å². The molecule has 0 atom stereocenters. The van der Waals surface area contributed by atoms with Crippen LogP contribution in [0, 0.1) is 11.3 Å². The Hall–Kier alpha value is -0.814. The van der Waals surface area contributed by atoms with Crippen LogP contribution in [0.1, 0.15) is 16.1 Å². The molecule has 0 aliphatic carbocycles. The third kappa shape index (κ3) is 4.65. The van der Waals surface area contributed by atoms with Crippen LogP contribution < -0.4 is 4.74 Å². The van der Waals surface area contributed by atoms with Crippen LogP contribution >= 0.6 is 11.6 Å². The van der Waals surface area contributed by atoms with Crippen LogP contribution in [0.3, 0.4) is 0 Å². The molecule has 0 fully saturated rings. The number of carbonyl (C=O) groups excluding carboxylic acids is 1. The first-order chi connectivity index (χ1) is 8.69. The van der Waals surface area contributed by atoms with Gasteiger partial charge in [-0.3, -0.25) is 0 Å². The van der Waals surface area contributed by atoms with Gasteiger partial charge in [0.25, 0.3) is 0 Å². The van der Waals surface area contributed by atoms with Crippen molar-refractivity contribution in [3.8, 4) is 11.8 Å². The third-order valence-electron chi connectivity index (χ3n) is 2.00. The van der Waals surface area contributed by atoms with E-state index in [0.717, 1.165) is 0 Å². The van der Waals surface area contributed by atoms with Crippen LogP contribution in [0.25, 0.3) is 0 Å². The molecular formula is C12H7ClKN3O2. The number of carbonyl (C=O) groups is 1. The zero-order valence-corrected chi connectivity index (χ0v) is 9.76. The molecule has 1 aromatic carbocycles. The van der Waals surface area contributed by atoms with Crippen molar-refractivity contribution in [2.75, 3.05) is 0 Å². The molecule has 0 radical (unpaired) electrons. The first kappa shape index (κ1) is 16.2. The SMILES string of the molecule is N#Cc1cc(Cl)cc(OC(=O)c2ccncn2)c1.[KH]. The van der Waals surface area contributed by atoms with Gasteiger partial charge >= 0.3 is 57.4 Å². The molecule has 0 aliphatic heterocycles. The summed E-state index contributed by atoms with van der Waals surface area (Å²) in [7, 11) is 0. The second kappa shape index (κ2) is 7.70. The number of ether oxygens (including phenoxy) is 1. The van der Waals surface area contributed by atoms with Crippen molar-refractivity contribution in [1.82, 2.24) is 9.97 Å². The molecule has 7 heteroatoms. The Morgan fingerprint density at radius 3 is 2.79 bits per heavy atom. The average molecular weight is 300 g/mol. The quantitative estimate of drug-likeness (QED) is 0.478. The molecule has 1 heterocycles. The molecule has 5 nitrogen and oxygen atoms in total. The topological polar surface area (TPSA) is 75.9 Å². The van der Waals surface area contributed by atoms with E-state index in [1.54, 1.807) is 0 Å². The molecule has 1 aromatic heterocycles. The van der Waals surface area contributed by atoms with Gasteiger partial charge in [-0.05, 0) is 24.3 Å². The molecule has 0 N–H and O–H groups in total. The standard InChI is InChI=1S/C12H6ClN3O2.K.H/c13-9-3-8(6-14)4-10(5-9)18-12(17)11-1-2-15-7-16-11;;/h1-5,7H;;. The van der Waals surface area contributed by atoms with Gasteiger partial charge in [0.05, 0.1) is 11.6 Å². The van der Waals surface area contributed by atoms with E-state index in [0.29, 0.717) is 10.6 Å². The van der Waals surface area contributed by atoms with Crippen LogP contribution in [0.5, 0.6) is 5.75 Å². The average Bonchev–Trinajstić information content (AvgIpc) is 2.39. The Balaban J connectivity index is 0.00000180. The van der Waals surface area contributed by atoms with Crippen molar-refractivity contribution >= 4 is 69.0 Å². The number of aromatic nitrogens is 2. The Bertz CT molecular complexity index is 629. The predicted octanol–water partition coefficient (Wildman–Crippen LogP) is 1.57. The first-order valence-electron chi connectivity index (χ1n) is 4.88. The van der Waals surface area contributed by atoms with E-state index in [1.807, 2.05) is 6.07 Å². The Morgan fingerprint density at radius 1 is 1.37 bits per heavy atom. The van der Waals surface area contributed by atoms with Gasteiger partial charge in [0.1, 0.15) is 12.1 Å². The molecule has 0 amide bonds. The first-order valence-corrected chi connectivity index (χ1v) is 5.26. The summed E-state index contributed by atoms with van der Waals surface area (Å²) in [5, 5.41) is 9.09. The molecule has 0 unspecified atom stereocenters. The molecule has 19 heavy (non-hydrogen) atoms. The van der Waals surface area contributed by atoms with Gasteiger partial charge in [0.2, 0.25) is 0 Å². The van der Waals surface area contributed by atoms with E-state index in [2.05, 4.69) is 9.97 Å². The number of hydrogen-bond acceptors (Lipinski definition) is 5. The Morgan fingerprint density at radius 2 is 2.16 bits per heavy atom. The fraction of sp³-hybridized carbons (Fsp3) is 0. The summed E-state index contributed by atoms with van der Waals surface area (Å²) < 4.78 is 5.06. The molecular weight excluding hydrogens is 293 g/mol. The zero-order chi connectivity index (χ0) is 13.0. The van der Waals surface area contributed by atoms with Gasteiger partial charge in [0.15, 0.2) is 5.69 Å². The summed E-state index contributed by atoms with van der Waals surface area (Å²) in [4.78, 5) is 19.1. The number of halogens is 1. The molecule has 0 bridgehead atoms. The number of rotatable bonds is 2. The van der Waals surface area contributed by atoms with E-state index in [9.17, 15) is 4.79 Å². The summed E-state index contributed by atoms with van der Waals surface area (Å²) >= 11 is 5.79. The van der Waals surface area contributed by atoms with Crippen molar-refractivity contribution < 1.29 is 9.53 Å². The van der Waals surface area contributed by atoms with Crippen LogP contribution in [-0.4, -0.2) is 67.3 Å². The molecule has 2 rings (SSSR count). The van der Waals surface area contributed by atoms with Gasteiger partial charge in [-0.1, -0.05) is 11.6 Å². The zero-order valence-electron chi connectivity index (χ0n) is 9.00. The number of benzene rings is 1. The van der Waals surface area contributed by atoms with E-state index in [1.165, 1.54) is 36.8 Å². The van der Waals surface area contributed by atoms with Gasteiger partial charge in [0, 0.05) is 11.2 Å². The minimum absolute atomic E-state index is 0. The number of nitrogens with zero attached hydrogens (tertiary/aromatic N) is 3. The molecule has 2 aromatic rings. The van der Waals surface area contributed by atoms with Gasteiger partial charge in [-0.15, -0.1) is 0 Å². The maximum absolute atomic E-state index is 11.7. The molecule has 0 spiro atoms. The minimum atomic E-state index is -0.636. The van der Waals surface area contributed by atoms with Crippen molar-refractivity contribution in [1.29, 1.82) is 5.26 Å². The number of nitriles is 1. The maximum atomic E-state index is 11.7. The normalized spacial score (nSPS) is 9.05. The molecule has 0 saturated heterocycles. The summed E-state index contributed by atoms with van der Waals surface area (Å²) in [5.41, 5.74) is 0.441. The summed E-state index contributed by atoms with van der Waals surface area (Å²) in [6.07, 6.45) is 2.68. The van der Waals surface area contributed by atoms with Crippen LogP contribution in [0.4, 0.5) is 0 Å². The molecule has 0 saturated carbocycles. The van der Waals surface area contributed by atoms with E-state index in [4.69, 9.17) is 21.6 Å². The fourth-order valence-corrected chi connectivity index (χ4v) is 1.48. The molecule has 0 aliphatic rings. The Kier molecular flexibility index (Phi) is 6.58. The van der Waals surface area contributed by atoms with Crippen molar-refractivity contribution in [2.45, 2.75) is 0 Å². The van der Waals surface area contributed by atoms with E-state index in [-0.39, 0.29) is 62.8 Å². The third-order valence-corrected chi connectivity index (χ3v) is 2.22. The van der Waals surface area contributed by atoms with Crippen molar-refractivity contribution in [3.05, 3.63) is 53.1 Å². The van der Waals surface area contributed by atoms with Gasteiger partial charge < -0.3 is 4.74 Å². The summed E-state index contributed by atoms with van der Waals surface area (Å²) in [6.45, 7) is 0. The summed E-state index contributed by atoms with van der Waals surface area (Å²) in [5.74, 6) is -0.439. The second-order valence-corrected chi connectivity index (χ2v) is 3.71. The van der Waals surface area contributed by atoms with Gasteiger partial charge in [-0.2, -0.15) is 5.26 Å². The number of esters is 1. The van der Waals surface area contributed by atoms with Crippen LogP contribution in [0.15, 0.2) is 36.8 Å². The van der Waals surface area contributed by atoms with Crippen molar-refractivity contribution in [2.24, 2.45) is 0 Å². The molecule has 90 valence electrons. The van der Waals surface area contributed by atoms with Crippen LogP contribution in [0.2, 0.25) is 5.02 Å². The summed E-state index contributed by atoms with van der Waals surface area (Å²) in [6, 6.07) is 7.69. The monoisotopic (exact) mass is 299 g/mol. The van der Waals surface area contributed by atoms with Crippen LogP contribution in [-0.2, 0) is 0 Å². The predicted molar refractivity (Wildman–Crippen MR) is 70.3 cm³/mol. The second-order valence-electron chi connectivity index (χ2n) is 3.27. The van der Waals surface area contributed by atoms with Gasteiger partial charge in [-0.25, -0.2) is 14.8 Å².